The van der Waals surface area contributed by atoms with Crippen molar-refractivity contribution in [1.29, 1.82) is 0 Å². The van der Waals surface area contributed by atoms with Crippen LogP contribution in [0.2, 0.25) is 0 Å². The van der Waals surface area contributed by atoms with E-state index in [2.05, 4.69) is 0 Å². The molecule has 0 heterocycles. The normalized spacial score (nSPS) is 10.1. The van der Waals surface area contributed by atoms with Gasteiger partial charge in [0.05, 0.1) is 5.56 Å². The summed E-state index contributed by atoms with van der Waals surface area (Å²) in [6.07, 6.45) is 0. The van der Waals surface area contributed by atoms with Crippen LogP contribution < -0.4 is 0 Å². The summed E-state index contributed by atoms with van der Waals surface area (Å²) in [7, 11) is 0. The van der Waals surface area contributed by atoms with Gasteiger partial charge in [-0.05, 0) is 17.7 Å². The minimum atomic E-state index is -1.18. The summed E-state index contributed by atoms with van der Waals surface area (Å²) < 4.78 is 31.1. The minimum Gasteiger partial charge on any atom is -0.457 e. The summed E-state index contributed by atoms with van der Waals surface area (Å²) in [6.45, 7) is 0.0234. The van der Waals surface area contributed by atoms with Crippen molar-refractivity contribution in [1.82, 2.24) is 0 Å². The van der Waals surface area contributed by atoms with E-state index < -0.39 is 23.2 Å². The highest BCUT2D eigenvalue weighted by atomic mass is 19.2. The predicted octanol–water partition coefficient (Wildman–Crippen LogP) is 3.32. The van der Waals surface area contributed by atoms with Gasteiger partial charge in [0.25, 0.3) is 0 Å². The summed E-state index contributed by atoms with van der Waals surface area (Å²) in [5.41, 5.74) is 0.383. The van der Waals surface area contributed by atoms with Gasteiger partial charge in [-0.15, -0.1) is 0 Å². The lowest BCUT2D eigenvalue weighted by molar-refractivity contribution is 0.0466. The van der Waals surface area contributed by atoms with Gasteiger partial charge >= 0.3 is 5.97 Å². The number of halogens is 2. The third kappa shape index (κ3) is 2.71. The topological polar surface area (TPSA) is 26.3 Å². The molecule has 0 bridgehead atoms. The fourth-order valence-electron chi connectivity index (χ4n) is 1.46. The first-order valence-corrected chi connectivity index (χ1v) is 5.33. The lowest BCUT2D eigenvalue weighted by Crippen LogP contribution is -2.08. The van der Waals surface area contributed by atoms with Crippen LogP contribution in [0.5, 0.6) is 0 Å². The fourth-order valence-corrected chi connectivity index (χ4v) is 1.46. The molecule has 0 N–H and O–H groups in total. The molecule has 0 fully saturated rings. The highest BCUT2D eigenvalue weighted by Gasteiger charge is 2.16. The van der Waals surface area contributed by atoms with Crippen LogP contribution in [0.3, 0.4) is 0 Å². The van der Waals surface area contributed by atoms with Crippen LogP contribution in [0.1, 0.15) is 15.9 Å². The van der Waals surface area contributed by atoms with Crippen LogP contribution in [0.15, 0.2) is 48.5 Å². The molecule has 0 aliphatic carbocycles. The second kappa shape index (κ2) is 5.40. The lowest BCUT2D eigenvalue weighted by Gasteiger charge is -2.05. The van der Waals surface area contributed by atoms with Crippen molar-refractivity contribution in [3.8, 4) is 0 Å². The standard InChI is InChI=1S/C14H10F2O2/c15-12-8-4-7-11(13(12)16)14(17)18-9-10-5-2-1-3-6-10/h1-8H,9H2. The third-order valence-electron chi connectivity index (χ3n) is 2.38. The second-order valence-corrected chi connectivity index (χ2v) is 3.66. The fraction of sp³-hybridized carbons (Fsp3) is 0.0714. The molecule has 92 valence electrons. The Hall–Kier alpha value is -2.23. The van der Waals surface area contributed by atoms with E-state index in [0.29, 0.717) is 0 Å². The van der Waals surface area contributed by atoms with Crippen molar-refractivity contribution in [2.24, 2.45) is 0 Å². The molecule has 18 heavy (non-hydrogen) atoms. The summed E-state index contributed by atoms with van der Waals surface area (Å²) in [4.78, 5) is 11.6. The van der Waals surface area contributed by atoms with Crippen LogP contribution in [-0.2, 0) is 11.3 Å². The van der Waals surface area contributed by atoms with Crippen molar-refractivity contribution in [2.75, 3.05) is 0 Å². The van der Waals surface area contributed by atoms with Crippen LogP contribution in [0, 0.1) is 11.6 Å². The van der Waals surface area contributed by atoms with Gasteiger partial charge in [-0.25, -0.2) is 13.6 Å². The molecular weight excluding hydrogens is 238 g/mol. The zero-order valence-corrected chi connectivity index (χ0v) is 9.40. The zero-order chi connectivity index (χ0) is 13.0. The number of carbonyl (C=O) groups is 1. The van der Waals surface area contributed by atoms with E-state index in [1.54, 1.807) is 24.3 Å². The molecule has 0 spiro atoms. The first kappa shape index (κ1) is 12.2. The first-order valence-electron chi connectivity index (χ1n) is 5.33. The average molecular weight is 248 g/mol. The number of ether oxygens (including phenoxy) is 1. The van der Waals surface area contributed by atoms with Crippen LogP contribution in [0.4, 0.5) is 8.78 Å². The number of carbonyl (C=O) groups excluding carboxylic acids is 1. The Morgan fingerprint density at radius 1 is 1.00 bits per heavy atom. The smallest absolute Gasteiger partial charge is 0.341 e. The largest absolute Gasteiger partial charge is 0.457 e. The van der Waals surface area contributed by atoms with Gasteiger partial charge in [0, 0.05) is 0 Å². The molecule has 2 aromatic carbocycles. The first-order chi connectivity index (χ1) is 8.68. The maximum Gasteiger partial charge on any atom is 0.341 e. The van der Waals surface area contributed by atoms with Crippen molar-refractivity contribution >= 4 is 5.97 Å². The molecule has 2 nitrogen and oxygen atoms in total. The van der Waals surface area contributed by atoms with E-state index >= 15 is 0 Å². The molecule has 4 heteroatoms. The number of hydrogen-bond donors (Lipinski definition) is 0. The summed E-state index contributed by atoms with van der Waals surface area (Å²) in [5, 5.41) is 0. The Balaban J connectivity index is 2.07. The molecule has 0 amide bonds. The van der Waals surface area contributed by atoms with E-state index in [1.807, 2.05) is 6.07 Å². The predicted molar refractivity (Wildman–Crippen MR) is 61.9 cm³/mol. The monoisotopic (exact) mass is 248 g/mol. The van der Waals surface area contributed by atoms with Crippen molar-refractivity contribution in [3.63, 3.8) is 0 Å². The van der Waals surface area contributed by atoms with Crippen molar-refractivity contribution in [2.45, 2.75) is 6.61 Å². The van der Waals surface area contributed by atoms with E-state index in [4.69, 9.17) is 4.74 Å². The molecule has 0 saturated heterocycles. The molecule has 0 aromatic heterocycles. The zero-order valence-electron chi connectivity index (χ0n) is 9.40. The Morgan fingerprint density at radius 3 is 2.44 bits per heavy atom. The number of rotatable bonds is 3. The van der Waals surface area contributed by atoms with Gasteiger partial charge in [0.15, 0.2) is 11.6 Å². The SMILES string of the molecule is O=C(OCc1ccccc1)c1cccc(F)c1F. The molecule has 2 rings (SSSR count). The Morgan fingerprint density at radius 2 is 1.72 bits per heavy atom. The highest BCUT2D eigenvalue weighted by molar-refractivity contribution is 5.89. The maximum absolute atomic E-state index is 13.3. The van der Waals surface area contributed by atoms with Crippen molar-refractivity contribution < 1.29 is 18.3 Å². The van der Waals surface area contributed by atoms with Gasteiger partial charge in [-0.3, -0.25) is 0 Å². The molecule has 0 atom stereocenters. The van der Waals surface area contributed by atoms with E-state index in [0.717, 1.165) is 11.6 Å². The molecule has 0 aliphatic heterocycles. The molecule has 0 saturated carbocycles. The van der Waals surface area contributed by atoms with Gasteiger partial charge < -0.3 is 4.74 Å². The Kier molecular flexibility index (Phi) is 3.67. The quantitative estimate of drug-likeness (QED) is 0.779. The third-order valence-corrected chi connectivity index (χ3v) is 2.38. The van der Waals surface area contributed by atoms with Crippen LogP contribution >= 0.6 is 0 Å². The molecular formula is C14H10F2O2. The molecule has 0 unspecified atom stereocenters. The van der Waals surface area contributed by atoms with Gasteiger partial charge in [-0.1, -0.05) is 36.4 Å². The van der Waals surface area contributed by atoms with E-state index in [-0.39, 0.29) is 6.61 Å². The van der Waals surface area contributed by atoms with Gasteiger partial charge in [0.2, 0.25) is 0 Å². The number of esters is 1. The van der Waals surface area contributed by atoms with E-state index in [1.165, 1.54) is 12.1 Å². The summed E-state index contributed by atoms with van der Waals surface area (Å²) in [5.74, 6) is -3.13. The Bertz CT molecular complexity index is 553. The summed E-state index contributed by atoms with van der Waals surface area (Å²) in [6, 6.07) is 12.4. The van der Waals surface area contributed by atoms with Gasteiger partial charge in [0.1, 0.15) is 6.61 Å². The lowest BCUT2D eigenvalue weighted by atomic mass is 10.2. The Labute approximate surface area is 103 Å². The van der Waals surface area contributed by atoms with Gasteiger partial charge in [-0.2, -0.15) is 0 Å². The molecule has 0 radical (unpaired) electrons. The van der Waals surface area contributed by atoms with E-state index in [9.17, 15) is 13.6 Å². The number of benzene rings is 2. The van der Waals surface area contributed by atoms with Crippen LogP contribution in [-0.4, -0.2) is 5.97 Å². The number of hydrogen-bond acceptors (Lipinski definition) is 2. The van der Waals surface area contributed by atoms with Crippen molar-refractivity contribution in [3.05, 3.63) is 71.3 Å². The van der Waals surface area contributed by atoms with Crippen LogP contribution in [0.25, 0.3) is 0 Å². The maximum atomic E-state index is 13.3. The minimum absolute atomic E-state index is 0.0234. The summed E-state index contributed by atoms with van der Waals surface area (Å²) >= 11 is 0. The molecule has 2 aromatic rings. The highest BCUT2D eigenvalue weighted by Crippen LogP contribution is 2.13. The average Bonchev–Trinajstić information content (AvgIpc) is 2.40. The second-order valence-electron chi connectivity index (χ2n) is 3.66. The molecule has 0 aliphatic rings.